The van der Waals surface area contributed by atoms with Gasteiger partial charge in [0, 0.05) is 19.7 Å². The van der Waals surface area contributed by atoms with Crippen molar-refractivity contribution in [1.82, 2.24) is 9.44 Å². The fourth-order valence-corrected chi connectivity index (χ4v) is 4.08. The van der Waals surface area contributed by atoms with Gasteiger partial charge in [-0.3, -0.25) is 4.79 Å². The normalized spacial score (nSPS) is 29.2. The molecule has 124 valence electrons. The summed E-state index contributed by atoms with van der Waals surface area (Å²) in [5.74, 6) is -1.34. The van der Waals surface area contributed by atoms with Crippen molar-refractivity contribution in [3.8, 4) is 0 Å². The molecule has 3 unspecified atom stereocenters. The Kier molecular flexibility index (Phi) is 6.15. The van der Waals surface area contributed by atoms with Crippen LogP contribution in [0.3, 0.4) is 0 Å². The molecule has 1 fully saturated rings. The summed E-state index contributed by atoms with van der Waals surface area (Å²) < 4.78 is 33.7. The number of methoxy groups -OCH3 is 1. The van der Waals surface area contributed by atoms with Crippen LogP contribution in [0.1, 0.15) is 33.6 Å². The number of carboxylic acid groups (broad SMARTS) is 1. The molecule has 0 bridgehead atoms. The maximum Gasteiger partial charge on any atom is 0.307 e. The average Bonchev–Trinajstić information content (AvgIpc) is 2.34. The highest BCUT2D eigenvalue weighted by Crippen LogP contribution is 2.45. The van der Waals surface area contributed by atoms with Crippen molar-refractivity contribution in [1.29, 1.82) is 0 Å². The Bertz CT molecular complexity index is 463. The van der Waals surface area contributed by atoms with E-state index in [9.17, 15) is 18.3 Å². The molecule has 0 spiro atoms. The molecule has 1 saturated carbocycles. The highest BCUT2D eigenvalue weighted by Gasteiger charge is 2.47. The zero-order chi connectivity index (χ0) is 16.3. The van der Waals surface area contributed by atoms with Crippen LogP contribution in [0.15, 0.2) is 0 Å². The van der Waals surface area contributed by atoms with Crippen molar-refractivity contribution in [2.75, 3.05) is 20.3 Å². The summed E-state index contributed by atoms with van der Waals surface area (Å²) >= 11 is 0. The van der Waals surface area contributed by atoms with Gasteiger partial charge >= 0.3 is 5.97 Å². The molecule has 7 nitrogen and oxygen atoms in total. The Hall–Kier alpha value is -0.700. The van der Waals surface area contributed by atoms with E-state index in [0.29, 0.717) is 19.4 Å². The lowest BCUT2D eigenvalue weighted by Gasteiger charge is -2.46. The topological polar surface area (TPSA) is 105 Å². The van der Waals surface area contributed by atoms with Gasteiger partial charge in [-0.1, -0.05) is 20.8 Å². The van der Waals surface area contributed by atoms with Gasteiger partial charge in [0.1, 0.15) is 0 Å². The number of aliphatic carboxylic acids is 1. The Labute approximate surface area is 126 Å². The Morgan fingerprint density at radius 1 is 1.38 bits per heavy atom. The van der Waals surface area contributed by atoms with Crippen molar-refractivity contribution in [2.45, 2.75) is 39.7 Å². The molecule has 0 aromatic carbocycles. The van der Waals surface area contributed by atoms with Crippen LogP contribution in [0, 0.1) is 17.3 Å². The van der Waals surface area contributed by atoms with Gasteiger partial charge in [-0.2, -0.15) is 17.9 Å². The monoisotopic (exact) mass is 322 g/mol. The van der Waals surface area contributed by atoms with Crippen LogP contribution < -0.4 is 9.44 Å². The Morgan fingerprint density at radius 2 is 2.00 bits per heavy atom. The van der Waals surface area contributed by atoms with Crippen LogP contribution in [0.2, 0.25) is 0 Å². The number of rotatable bonds is 7. The predicted molar refractivity (Wildman–Crippen MR) is 79.0 cm³/mol. The summed E-state index contributed by atoms with van der Waals surface area (Å²) in [6, 6.07) is -0.268. The highest BCUT2D eigenvalue weighted by atomic mass is 32.2. The molecule has 0 aromatic heterocycles. The van der Waals surface area contributed by atoms with Crippen molar-refractivity contribution in [3.63, 3.8) is 0 Å². The van der Waals surface area contributed by atoms with E-state index in [1.807, 2.05) is 20.8 Å². The number of hydrogen-bond donors (Lipinski definition) is 3. The van der Waals surface area contributed by atoms with Crippen molar-refractivity contribution in [3.05, 3.63) is 0 Å². The van der Waals surface area contributed by atoms with Crippen molar-refractivity contribution in [2.24, 2.45) is 17.3 Å². The maximum atomic E-state index is 12.0. The number of nitrogens with one attached hydrogen (secondary N) is 2. The van der Waals surface area contributed by atoms with Crippen molar-refractivity contribution < 1.29 is 23.1 Å². The molecule has 1 aliphatic carbocycles. The smallest absolute Gasteiger partial charge is 0.307 e. The van der Waals surface area contributed by atoms with Gasteiger partial charge in [0.05, 0.1) is 12.5 Å². The molecular weight excluding hydrogens is 296 g/mol. The van der Waals surface area contributed by atoms with Crippen LogP contribution in [-0.2, 0) is 19.7 Å². The SMILES string of the molecule is COCCNS(=O)(=O)NC1CCC(C(=O)O)C(C)(C)C1C. The summed E-state index contributed by atoms with van der Waals surface area (Å²) in [6.07, 6.45) is 0.991. The number of carboxylic acids is 1. The highest BCUT2D eigenvalue weighted by molar-refractivity contribution is 7.87. The summed E-state index contributed by atoms with van der Waals surface area (Å²) in [5.41, 5.74) is -0.468. The lowest BCUT2D eigenvalue weighted by atomic mass is 9.61. The Morgan fingerprint density at radius 3 is 2.52 bits per heavy atom. The predicted octanol–water partition coefficient (Wildman–Crippen LogP) is 0.582. The fraction of sp³-hybridized carbons (Fsp3) is 0.923. The lowest BCUT2D eigenvalue weighted by Crippen LogP contribution is -2.54. The molecule has 0 radical (unpaired) electrons. The minimum atomic E-state index is -3.60. The molecular formula is C13H26N2O5S. The first-order valence-electron chi connectivity index (χ1n) is 7.10. The van der Waals surface area contributed by atoms with E-state index in [4.69, 9.17) is 4.74 Å². The number of carbonyl (C=O) groups is 1. The van der Waals surface area contributed by atoms with Crippen LogP contribution in [0.25, 0.3) is 0 Å². The van der Waals surface area contributed by atoms with Crippen LogP contribution in [-0.4, -0.2) is 45.8 Å². The first-order chi connectivity index (χ1) is 9.62. The van der Waals surface area contributed by atoms with E-state index in [2.05, 4.69) is 9.44 Å². The molecule has 3 N–H and O–H groups in total. The van der Waals surface area contributed by atoms with Gasteiger partial charge in [-0.25, -0.2) is 0 Å². The molecule has 8 heteroatoms. The van der Waals surface area contributed by atoms with Crippen LogP contribution in [0.5, 0.6) is 0 Å². The van der Waals surface area contributed by atoms with Gasteiger partial charge in [0.15, 0.2) is 0 Å². The van der Waals surface area contributed by atoms with E-state index in [0.717, 1.165) is 0 Å². The van der Waals surface area contributed by atoms with Gasteiger partial charge < -0.3 is 9.84 Å². The Balaban J connectivity index is 2.72. The maximum absolute atomic E-state index is 12.0. The summed E-state index contributed by atoms with van der Waals surface area (Å²) in [4.78, 5) is 11.3. The lowest BCUT2D eigenvalue weighted by molar-refractivity contribution is -0.150. The average molecular weight is 322 g/mol. The molecule has 0 heterocycles. The first-order valence-corrected chi connectivity index (χ1v) is 8.58. The zero-order valence-electron chi connectivity index (χ0n) is 13.0. The second-order valence-electron chi connectivity index (χ2n) is 6.19. The van der Waals surface area contributed by atoms with Gasteiger partial charge in [-0.05, 0) is 24.2 Å². The van der Waals surface area contributed by atoms with Crippen LogP contribution >= 0.6 is 0 Å². The number of hydrogen-bond acceptors (Lipinski definition) is 4. The quantitative estimate of drug-likeness (QED) is 0.595. The number of ether oxygens (including phenoxy) is 1. The molecule has 0 aromatic rings. The molecule has 21 heavy (non-hydrogen) atoms. The van der Waals surface area contributed by atoms with Gasteiger partial charge in [0.25, 0.3) is 10.2 Å². The molecule has 0 saturated heterocycles. The third-order valence-corrected chi connectivity index (χ3v) is 5.84. The molecule has 0 amide bonds. The van der Waals surface area contributed by atoms with E-state index in [1.165, 1.54) is 7.11 Å². The van der Waals surface area contributed by atoms with Crippen LogP contribution in [0.4, 0.5) is 0 Å². The molecule has 1 rings (SSSR count). The third kappa shape index (κ3) is 4.64. The second-order valence-corrected chi connectivity index (χ2v) is 7.72. The van der Waals surface area contributed by atoms with Gasteiger partial charge in [0.2, 0.25) is 0 Å². The summed E-state index contributed by atoms with van der Waals surface area (Å²) in [5, 5.41) is 9.29. The largest absolute Gasteiger partial charge is 0.481 e. The molecule has 0 aliphatic heterocycles. The van der Waals surface area contributed by atoms with E-state index in [1.54, 1.807) is 0 Å². The van der Waals surface area contributed by atoms with E-state index >= 15 is 0 Å². The van der Waals surface area contributed by atoms with Gasteiger partial charge in [-0.15, -0.1) is 0 Å². The molecule has 1 aliphatic rings. The fourth-order valence-electron chi connectivity index (χ4n) is 2.93. The first kappa shape index (κ1) is 18.3. The third-order valence-electron chi connectivity index (χ3n) is 4.64. The standard InChI is InChI=1S/C13H26N2O5S/c1-9-11(15-21(18,19)14-7-8-20-4)6-5-10(12(16)17)13(9,2)3/h9-11,14-15H,5-8H2,1-4H3,(H,16,17). The minimum absolute atomic E-state index is 0.0775. The van der Waals surface area contributed by atoms with E-state index in [-0.39, 0.29) is 18.5 Å². The summed E-state index contributed by atoms with van der Waals surface area (Å²) in [7, 11) is -2.10. The minimum Gasteiger partial charge on any atom is -0.481 e. The van der Waals surface area contributed by atoms with Crippen molar-refractivity contribution >= 4 is 16.2 Å². The van der Waals surface area contributed by atoms with E-state index < -0.39 is 27.5 Å². The second kappa shape index (κ2) is 7.04. The zero-order valence-corrected chi connectivity index (χ0v) is 13.9. The molecule has 3 atom stereocenters. The summed E-state index contributed by atoms with van der Waals surface area (Å²) in [6.45, 7) is 6.17.